The Kier molecular flexibility index (Phi) is 6.93. The van der Waals surface area contributed by atoms with E-state index in [1.165, 1.54) is 47.6 Å². The van der Waals surface area contributed by atoms with Crippen LogP contribution in [0.4, 0.5) is 5.69 Å². The Morgan fingerprint density at radius 3 is 2.25 bits per heavy atom. The van der Waals surface area contributed by atoms with Gasteiger partial charge in [0, 0.05) is 24.7 Å². The fraction of sp³-hybridized carbons (Fsp3) is 0.316. The highest BCUT2D eigenvalue weighted by Gasteiger charge is 2.26. The van der Waals surface area contributed by atoms with Crippen LogP contribution in [0.25, 0.3) is 0 Å². The Balaban J connectivity index is 1.77. The van der Waals surface area contributed by atoms with Crippen LogP contribution in [0.3, 0.4) is 0 Å². The number of nitrogens with one attached hydrogen (secondary N) is 1. The first-order valence-electron chi connectivity index (χ1n) is 9.52. The van der Waals surface area contributed by atoms with Gasteiger partial charge in [0.15, 0.2) is 0 Å². The zero-order valence-electron chi connectivity index (χ0n) is 17.4. The van der Waals surface area contributed by atoms with Gasteiger partial charge in [-0.25, -0.2) is 8.42 Å². The van der Waals surface area contributed by atoms with E-state index in [-0.39, 0.29) is 34.3 Å². The predicted octanol–water partition coefficient (Wildman–Crippen LogP) is 1.63. The van der Waals surface area contributed by atoms with Crippen molar-refractivity contribution in [1.29, 1.82) is 0 Å². The van der Waals surface area contributed by atoms with Crippen molar-refractivity contribution in [2.45, 2.75) is 23.6 Å². The molecular weight excluding hydrogens is 460 g/mol. The number of nitrogens with zero attached hydrogens (tertiary/aromatic N) is 3. The van der Waals surface area contributed by atoms with Crippen LogP contribution in [-0.4, -0.2) is 58.1 Å². The molecule has 0 atom stereocenters. The van der Waals surface area contributed by atoms with Crippen LogP contribution in [0, 0.1) is 17.0 Å². The molecule has 0 aliphatic carbocycles. The Labute approximate surface area is 186 Å². The van der Waals surface area contributed by atoms with E-state index in [4.69, 9.17) is 4.74 Å². The summed E-state index contributed by atoms with van der Waals surface area (Å²) >= 11 is 0. The van der Waals surface area contributed by atoms with Gasteiger partial charge in [-0.2, -0.15) is 22.7 Å². The first kappa shape index (κ1) is 23.8. The van der Waals surface area contributed by atoms with Gasteiger partial charge >= 0.3 is 0 Å². The zero-order valence-corrected chi connectivity index (χ0v) is 19.0. The van der Waals surface area contributed by atoms with Crippen LogP contribution in [0.2, 0.25) is 0 Å². The van der Waals surface area contributed by atoms with Crippen molar-refractivity contribution in [3.8, 4) is 0 Å². The molecule has 0 unspecified atom stereocenters. The van der Waals surface area contributed by atoms with Gasteiger partial charge in [0.2, 0.25) is 10.0 Å². The van der Waals surface area contributed by atoms with Crippen LogP contribution < -0.4 is 4.83 Å². The predicted molar refractivity (Wildman–Crippen MR) is 116 cm³/mol. The molecule has 32 heavy (non-hydrogen) atoms. The molecule has 0 radical (unpaired) electrons. The molecule has 11 nitrogen and oxygen atoms in total. The number of aryl methyl sites for hydroxylation is 1. The molecule has 1 heterocycles. The Bertz CT molecular complexity index is 1250. The average Bonchev–Trinajstić information content (AvgIpc) is 2.78. The van der Waals surface area contributed by atoms with Crippen LogP contribution in [0.1, 0.15) is 18.1 Å². The summed E-state index contributed by atoms with van der Waals surface area (Å²) in [7, 11) is -7.78. The molecule has 1 N–H and O–H groups in total. The molecule has 0 saturated carbocycles. The lowest BCUT2D eigenvalue weighted by molar-refractivity contribution is -0.385. The summed E-state index contributed by atoms with van der Waals surface area (Å²) in [5.41, 5.74) is 0.806. The largest absolute Gasteiger partial charge is 0.379 e. The first-order valence-corrected chi connectivity index (χ1v) is 12.4. The third-order valence-electron chi connectivity index (χ3n) is 4.90. The molecule has 13 heteroatoms. The number of hydrogen-bond donors (Lipinski definition) is 1. The van der Waals surface area contributed by atoms with E-state index in [0.717, 1.165) is 6.07 Å². The lowest BCUT2D eigenvalue weighted by atomic mass is 10.1. The van der Waals surface area contributed by atoms with Gasteiger partial charge in [0.05, 0.1) is 33.6 Å². The second-order valence-corrected chi connectivity index (χ2v) is 10.6. The minimum atomic E-state index is -4.14. The Morgan fingerprint density at radius 2 is 1.66 bits per heavy atom. The van der Waals surface area contributed by atoms with Crippen molar-refractivity contribution in [3.05, 3.63) is 63.7 Å². The van der Waals surface area contributed by atoms with E-state index in [1.54, 1.807) is 6.92 Å². The molecule has 0 bridgehead atoms. The third kappa shape index (κ3) is 5.12. The molecule has 3 rings (SSSR count). The van der Waals surface area contributed by atoms with Gasteiger partial charge in [-0.3, -0.25) is 10.1 Å². The molecule has 0 amide bonds. The first-order chi connectivity index (χ1) is 15.0. The molecule has 2 aromatic rings. The smallest absolute Gasteiger partial charge is 0.276 e. The molecule has 0 aromatic heterocycles. The van der Waals surface area contributed by atoms with E-state index in [2.05, 4.69) is 9.93 Å². The van der Waals surface area contributed by atoms with E-state index in [9.17, 15) is 26.9 Å². The fourth-order valence-corrected chi connectivity index (χ4v) is 5.29. The van der Waals surface area contributed by atoms with Crippen LogP contribution >= 0.6 is 0 Å². The molecular formula is C19H22N4O7S2. The SMILES string of the molecule is C/C(=N\NS(=O)(=O)c1ccc(C)c([N+](=O)[O-])c1)c1ccc(S(=O)(=O)N2CCOCC2)cc1. The van der Waals surface area contributed by atoms with Crippen molar-refractivity contribution in [2.75, 3.05) is 26.3 Å². The lowest BCUT2D eigenvalue weighted by Crippen LogP contribution is -2.40. The number of morpholine rings is 1. The maximum atomic E-state index is 12.7. The summed E-state index contributed by atoms with van der Waals surface area (Å²) < 4.78 is 56.9. The minimum absolute atomic E-state index is 0.114. The summed E-state index contributed by atoms with van der Waals surface area (Å²) in [6, 6.07) is 9.47. The number of nitro groups is 1. The quantitative estimate of drug-likeness (QED) is 0.358. The normalized spacial score (nSPS) is 16.0. The van der Waals surface area contributed by atoms with E-state index in [1.807, 2.05) is 0 Å². The number of hydrazone groups is 1. The number of benzene rings is 2. The van der Waals surface area contributed by atoms with E-state index in [0.29, 0.717) is 24.3 Å². The van der Waals surface area contributed by atoms with Crippen molar-refractivity contribution in [2.24, 2.45) is 5.10 Å². The van der Waals surface area contributed by atoms with Crippen molar-refractivity contribution in [3.63, 3.8) is 0 Å². The van der Waals surface area contributed by atoms with Gasteiger partial charge < -0.3 is 4.74 Å². The van der Waals surface area contributed by atoms with Crippen LogP contribution in [0.15, 0.2) is 57.4 Å². The van der Waals surface area contributed by atoms with Gasteiger partial charge in [-0.05, 0) is 37.6 Å². The van der Waals surface area contributed by atoms with Gasteiger partial charge in [-0.15, -0.1) is 0 Å². The van der Waals surface area contributed by atoms with E-state index >= 15 is 0 Å². The number of sulfonamides is 2. The summed E-state index contributed by atoms with van der Waals surface area (Å²) in [6.07, 6.45) is 0. The summed E-state index contributed by atoms with van der Waals surface area (Å²) in [6.45, 7) is 4.30. The number of ether oxygens (including phenoxy) is 1. The highest BCUT2D eigenvalue weighted by Crippen LogP contribution is 2.22. The van der Waals surface area contributed by atoms with E-state index < -0.39 is 25.0 Å². The average molecular weight is 483 g/mol. The van der Waals surface area contributed by atoms with Gasteiger partial charge in [0.1, 0.15) is 0 Å². The topological polar surface area (TPSA) is 148 Å². The minimum Gasteiger partial charge on any atom is -0.379 e. The van der Waals surface area contributed by atoms with Crippen molar-refractivity contribution >= 4 is 31.4 Å². The molecule has 1 fully saturated rings. The molecule has 172 valence electrons. The fourth-order valence-electron chi connectivity index (χ4n) is 3.00. The molecule has 2 aromatic carbocycles. The molecule has 0 spiro atoms. The third-order valence-corrected chi connectivity index (χ3v) is 8.02. The zero-order chi connectivity index (χ0) is 23.5. The number of nitro benzene ring substituents is 1. The lowest BCUT2D eigenvalue weighted by Gasteiger charge is -2.26. The monoisotopic (exact) mass is 482 g/mol. The second-order valence-electron chi connectivity index (χ2n) is 7.04. The standard InChI is InChI=1S/C19H22N4O7S2/c1-14-3-6-18(13-19(14)23(24)25)31(26,27)21-20-15(2)16-4-7-17(8-5-16)32(28,29)22-9-11-30-12-10-22/h3-8,13,21H,9-12H2,1-2H3/b20-15+. The Morgan fingerprint density at radius 1 is 1.06 bits per heavy atom. The Hall–Kier alpha value is -2.87. The molecule has 1 aliphatic heterocycles. The number of rotatable bonds is 7. The number of hydrogen-bond acceptors (Lipinski definition) is 8. The second kappa shape index (κ2) is 9.32. The summed E-state index contributed by atoms with van der Waals surface area (Å²) in [5, 5.41) is 14.9. The summed E-state index contributed by atoms with van der Waals surface area (Å²) in [5.74, 6) is 0. The van der Waals surface area contributed by atoms with Crippen LogP contribution in [0.5, 0.6) is 0 Å². The van der Waals surface area contributed by atoms with Gasteiger partial charge in [0.25, 0.3) is 15.7 Å². The molecule has 1 saturated heterocycles. The van der Waals surface area contributed by atoms with Crippen molar-refractivity contribution in [1.82, 2.24) is 9.14 Å². The highest BCUT2D eigenvalue weighted by molar-refractivity contribution is 7.89. The van der Waals surface area contributed by atoms with Crippen molar-refractivity contribution < 1.29 is 26.5 Å². The van der Waals surface area contributed by atoms with Gasteiger partial charge in [-0.1, -0.05) is 18.2 Å². The maximum absolute atomic E-state index is 12.7. The maximum Gasteiger partial charge on any atom is 0.276 e. The highest BCUT2D eigenvalue weighted by atomic mass is 32.2. The molecule has 1 aliphatic rings. The summed E-state index contributed by atoms with van der Waals surface area (Å²) in [4.78, 5) is 12.3. The van der Waals surface area contributed by atoms with Crippen LogP contribution in [-0.2, 0) is 24.8 Å².